The second-order valence-electron chi connectivity index (χ2n) is 7.96. The molecule has 0 aliphatic heterocycles. The number of hydrogen-bond donors (Lipinski definition) is 1. The third-order valence-corrected chi connectivity index (χ3v) is 4.85. The number of amides is 1. The number of benzene rings is 1. The van der Waals surface area contributed by atoms with Crippen molar-refractivity contribution < 1.29 is 18.0 Å². The van der Waals surface area contributed by atoms with Gasteiger partial charge in [-0.3, -0.25) is 4.79 Å². The van der Waals surface area contributed by atoms with Crippen LogP contribution in [0.4, 0.5) is 13.2 Å². The van der Waals surface area contributed by atoms with Crippen molar-refractivity contribution in [3.05, 3.63) is 59.4 Å². The number of hydrogen-bond acceptors (Lipinski definition) is 3. The Labute approximate surface area is 166 Å². The molecule has 0 fully saturated rings. The summed E-state index contributed by atoms with van der Waals surface area (Å²) in [4.78, 5) is 16.9. The number of pyridine rings is 1. The summed E-state index contributed by atoms with van der Waals surface area (Å²) in [5, 5.41) is 7.83. The predicted molar refractivity (Wildman–Crippen MR) is 105 cm³/mol. The summed E-state index contributed by atoms with van der Waals surface area (Å²) in [6.07, 6.45) is -1.27. The zero-order valence-corrected chi connectivity index (χ0v) is 16.7. The summed E-state index contributed by atoms with van der Waals surface area (Å²) in [7, 11) is 0. The Kier molecular flexibility index (Phi) is 5.38. The molecule has 154 valence electrons. The van der Waals surface area contributed by atoms with Gasteiger partial charge in [-0.25, -0.2) is 9.67 Å². The lowest BCUT2D eigenvalue weighted by Crippen LogP contribution is -2.36. The summed E-state index contributed by atoms with van der Waals surface area (Å²) in [6.45, 7) is 7.74. The highest BCUT2D eigenvalue weighted by molar-refractivity contribution is 5.96. The molecule has 0 radical (unpaired) electrons. The monoisotopic (exact) mass is 404 g/mol. The number of carbonyl (C=O) groups is 1. The van der Waals surface area contributed by atoms with Crippen molar-refractivity contribution in [2.24, 2.45) is 0 Å². The number of carbonyl (C=O) groups excluding carboxylic acids is 1. The molecule has 0 aliphatic carbocycles. The molecule has 0 saturated carbocycles. The highest BCUT2D eigenvalue weighted by Crippen LogP contribution is 2.32. The molecule has 3 aromatic rings. The largest absolute Gasteiger partial charge is 0.416 e. The smallest absolute Gasteiger partial charge is 0.351 e. The number of rotatable bonds is 5. The summed E-state index contributed by atoms with van der Waals surface area (Å²) < 4.78 is 40.7. The van der Waals surface area contributed by atoms with Gasteiger partial charge in [0, 0.05) is 29.6 Å². The number of fused-ring (bicyclic) bond motifs is 1. The van der Waals surface area contributed by atoms with Gasteiger partial charge in [-0.1, -0.05) is 32.0 Å². The molecule has 0 saturated heterocycles. The van der Waals surface area contributed by atoms with E-state index in [4.69, 9.17) is 0 Å². The van der Waals surface area contributed by atoms with E-state index in [0.717, 1.165) is 17.5 Å². The highest BCUT2D eigenvalue weighted by atomic mass is 19.4. The first-order valence-corrected chi connectivity index (χ1v) is 9.28. The Hall–Kier alpha value is -2.90. The van der Waals surface area contributed by atoms with E-state index in [2.05, 4.69) is 15.4 Å². The molecular formula is C21H23F3N4O. The molecule has 1 N–H and O–H groups in total. The standard InChI is InChI=1S/C21H23F3N4O/c1-13(2)28-18-14(11-27-28)8-15(10-25-18)19(29)26-12-20(3,4)16-6-5-7-17(9-16)21(22,23)24/h5-11,13H,12H2,1-4H3,(H,26,29). The Morgan fingerprint density at radius 3 is 2.48 bits per heavy atom. The lowest BCUT2D eigenvalue weighted by atomic mass is 9.83. The van der Waals surface area contributed by atoms with Gasteiger partial charge in [0.2, 0.25) is 0 Å². The molecule has 1 aromatic carbocycles. The lowest BCUT2D eigenvalue weighted by molar-refractivity contribution is -0.137. The first-order valence-electron chi connectivity index (χ1n) is 9.28. The molecule has 1 amide bonds. The second-order valence-corrected chi connectivity index (χ2v) is 7.96. The molecule has 2 aromatic heterocycles. The summed E-state index contributed by atoms with van der Waals surface area (Å²) >= 11 is 0. The first kappa shape index (κ1) is 20.8. The van der Waals surface area contributed by atoms with Gasteiger partial charge in [-0.05, 0) is 31.5 Å². The quantitative estimate of drug-likeness (QED) is 0.668. The van der Waals surface area contributed by atoms with Gasteiger partial charge < -0.3 is 5.32 Å². The van der Waals surface area contributed by atoms with E-state index < -0.39 is 17.2 Å². The maximum Gasteiger partial charge on any atom is 0.416 e. The molecule has 0 unspecified atom stereocenters. The molecule has 0 bridgehead atoms. The zero-order valence-electron chi connectivity index (χ0n) is 16.7. The van der Waals surface area contributed by atoms with Crippen LogP contribution in [0.1, 0.15) is 55.2 Å². The number of halogens is 3. The predicted octanol–water partition coefficient (Wildman–Crippen LogP) is 4.74. The first-order chi connectivity index (χ1) is 13.5. The van der Waals surface area contributed by atoms with Crippen molar-refractivity contribution in [2.45, 2.75) is 45.3 Å². The normalized spacial score (nSPS) is 12.6. The van der Waals surface area contributed by atoms with E-state index in [-0.39, 0.29) is 18.5 Å². The van der Waals surface area contributed by atoms with Gasteiger partial charge in [0.05, 0.1) is 17.3 Å². The van der Waals surface area contributed by atoms with Crippen molar-refractivity contribution in [3.8, 4) is 0 Å². The van der Waals surface area contributed by atoms with E-state index in [9.17, 15) is 18.0 Å². The van der Waals surface area contributed by atoms with E-state index >= 15 is 0 Å². The average Bonchev–Trinajstić information content (AvgIpc) is 3.09. The van der Waals surface area contributed by atoms with Crippen LogP contribution in [0.3, 0.4) is 0 Å². The Bertz CT molecular complexity index is 1040. The zero-order chi connectivity index (χ0) is 21.4. The van der Waals surface area contributed by atoms with E-state index in [1.807, 2.05) is 13.8 Å². The lowest BCUT2D eigenvalue weighted by Gasteiger charge is -2.26. The van der Waals surface area contributed by atoms with Crippen molar-refractivity contribution in [3.63, 3.8) is 0 Å². The molecule has 29 heavy (non-hydrogen) atoms. The van der Waals surface area contributed by atoms with E-state index in [1.165, 1.54) is 12.3 Å². The van der Waals surface area contributed by atoms with Crippen LogP contribution in [0.2, 0.25) is 0 Å². The topological polar surface area (TPSA) is 59.8 Å². The highest BCUT2D eigenvalue weighted by Gasteiger charge is 2.32. The second kappa shape index (κ2) is 7.50. The molecule has 3 rings (SSSR count). The molecule has 0 atom stereocenters. The number of alkyl halides is 3. The average molecular weight is 404 g/mol. The van der Waals surface area contributed by atoms with E-state index in [1.54, 1.807) is 36.9 Å². The maximum atomic E-state index is 13.0. The van der Waals surface area contributed by atoms with Crippen LogP contribution in [0.25, 0.3) is 11.0 Å². The Morgan fingerprint density at radius 1 is 1.14 bits per heavy atom. The van der Waals surface area contributed by atoms with Crippen molar-refractivity contribution in [2.75, 3.05) is 6.54 Å². The van der Waals surface area contributed by atoms with Gasteiger partial charge in [-0.15, -0.1) is 0 Å². The minimum Gasteiger partial charge on any atom is -0.351 e. The molecule has 0 spiro atoms. The van der Waals surface area contributed by atoms with Gasteiger partial charge in [0.1, 0.15) is 0 Å². The molecule has 8 heteroatoms. The third-order valence-electron chi connectivity index (χ3n) is 4.85. The minimum atomic E-state index is -4.41. The van der Waals surface area contributed by atoms with E-state index in [0.29, 0.717) is 16.8 Å². The van der Waals surface area contributed by atoms with Crippen molar-refractivity contribution in [1.82, 2.24) is 20.1 Å². The number of nitrogens with zero attached hydrogens (tertiary/aromatic N) is 3. The van der Waals surface area contributed by atoms with Gasteiger partial charge in [0.15, 0.2) is 5.65 Å². The maximum absolute atomic E-state index is 13.0. The fourth-order valence-corrected chi connectivity index (χ4v) is 3.06. The number of aromatic nitrogens is 3. The SMILES string of the molecule is CC(C)n1ncc2cc(C(=O)NCC(C)(C)c3cccc(C(F)(F)F)c3)cnc21. The van der Waals surface area contributed by atoms with Gasteiger partial charge >= 0.3 is 6.18 Å². The molecule has 2 heterocycles. The Morgan fingerprint density at radius 2 is 1.83 bits per heavy atom. The molecule has 5 nitrogen and oxygen atoms in total. The van der Waals surface area contributed by atoms with Crippen molar-refractivity contribution in [1.29, 1.82) is 0 Å². The van der Waals surface area contributed by atoms with Crippen LogP contribution >= 0.6 is 0 Å². The van der Waals surface area contributed by atoms with Crippen LogP contribution in [-0.2, 0) is 11.6 Å². The summed E-state index contributed by atoms with van der Waals surface area (Å²) in [6, 6.07) is 7.03. The van der Waals surface area contributed by atoms with Crippen LogP contribution in [0.5, 0.6) is 0 Å². The van der Waals surface area contributed by atoms with Gasteiger partial charge in [0.25, 0.3) is 5.91 Å². The minimum absolute atomic E-state index is 0.146. The van der Waals surface area contributed by atoms with Gasteiger partial charge in [-0.2, -0.15) is 18.3 Å². The van der Waals surface area contributed by atoms with Crippen LogP contribution in [-0.4, -0.2) is 27.2 Å². The summed E-state index contributed by atoms with van der Waals surface area (Å²) in [5.74, 6) is -0.336. The fourth-order valence-electron chi connectivity index (χ4n) is 3.06. The van der Waals surface area contributed by atoms with Crippen molar-refractivity contribution >= 4 is 16.9 Å². The fraction of sp³-hybridized carbons (Fsp3) is 0.381. The third kappa shape index (κ3) is 4.41. The molecular weight excluding hydrogens is 381 g/mol. The van der Waals surface area contributed by atoms with Crippen LogP contribution < -0.4 is 5.32 Å². The van der Waals surface area contributed by atoms with Crippen LogP contribution in [0.15, 0.2) is 42.7 Å². The Balaban J connectivity index is 1.75. The molecule has 0 aliphatic rings. The summed E-state index contributed by atoms with van der Waals surface area (Å²) in [5.41, 5.74) is 0.184. The van der Waals surface area contributed by atoms with Crippen LogP contribution in [0, 0.1) is 0 Å². The number of nitrogens with one attached hydrogen (secondary N) is 1.